The number of nitrogens with zero attached hydrogens (tertiary/aromatic N) is 1. The van der Waals surface area contributed by atoms with Gasteiger partial charge in [-0.05, 0) is 36.8 Å². The van der Waals surface area contributed by atoms with Crippen molar-refractivity contribution >= 4 is 33.3 Å². The zero-order valence-corrected chi connectivity index (χ0v) is 16.2. The topological polar surface area (TPSA) is 145 Å². The molecule has 2 aromatic carbocycles. The van der Waals surface area contributed by atoms with Crippen molar-refractivity contribution in [2.75, 3.05) is 12.3 Å². The Bertz CT molecular complexity index is 1170. The number of non-ortho nitro benzene ring substituents is 1. The van der Waals surface area contributed by atoms with Crippen LogP contribution in [0.4, 0.5) is 15.8 Å². The predicted octanol–water partition coefficient (Wildman–Crippen LogP) is 2.22. The lowest BCUT2D eigenvalue weighted by Crippen LogP contribution is -2.32. The van der Waals surface area contributed by atoms with Gasteiger partial charge in [0.05, 0.1) is 15.4 Å². The van der Waals surface area contributed by atoms with E-state index in [9.17, 15) is 32.5 Å². The Balaban J connectivity index is 2.13. The molecule has 10 nitrogen and oxygen atoms in total. The van der Waals surface area contributed by atoms with Crippen molar-refractivity contribution in [2.24, 2.45) is 0 Å². The molecule has 0 spiro atoms. The van der Waals surface area contributed by atoms with Gasteiger partial charge in [0, 0.05) is 28.9 Å². The fraction of sp³-hybridized carbons (Fsp3) is 0.222. The van der Waals surface area contributed by atoms with Crippen molar-refractivity contribution < 1.29 is 35.6 Å². The van der Waals surface area contributed by atoms with Gasteiger partial charge >= 0.3 is 0 Å². The van der Waals surface area contributed by atoms with Gasteiger partial charge in [-0.1, -0.05) is 6.92 Å². The molecule has 0 heterocycles. The molecule has 0 radical (unpaired) electrons. The van der Waals surface area contributed by atoms with Crippen LogP contribution in [-0.2, 0) is 19.1 Å². The van der Waals surface area contributed by atoms with Crippen LogP contribution in [0.15, 0.2) is 47.4 Å². The highest BCUT2D eigenvalue weighted by Gasteiger charge is 2.27. The largest absolute Gasteiger partial charge is 0.355 e. The third-order valence-corrected chi connectivity index (χ3v) is 5.17. The number of benzene rings is 2. The molecule has 0 aromatic heterocycles. The predicted molar refractivity (Wildman–Crippen MR) is 104 cm³/mol. The minimum atomic E-state index is -4.46. The molecule has 0 fully saturated rings. The first-order valence-corrected chi connectivity index (χ1v) is 9.75. The Morgan fingerprint density at radius 3 is 2.47 bits per heavy atom. The summed E-state index contributed by atoms with van der Waals surface area (Å²) >= 11 is 0. The maximum Gasteiger partial charge on any atom is 0.297 e. The van der Waals surface area contributed by atoms with Gasteiger partial charge in [0.2, 0.25) is 0 Å². The molecule has 160 valence electrons. The van der Waals surface area contributed by atoms with E-state index in [1.54, 1.807) is 5.32 Å². The number of hydrogen-bond donors (Lipinski definition) is 2. The van der Waals surface area contributed by atoms with Crippen LogP contribution >= 0.6 is 0 Å². The first-order valence-electron chi connectivity index (χ1n) is 9.84. The van der Waals surface area contributed by atoms with Crippen molar-refractivity contribution in [2.45, 2.75) is 24.3 Å². The van der Waals surface area contributed by atoms with E-state index < -0.39 is 56.2 Å². The minimum absolute atomic E-state index is 0.0976. The van der Waals surface area contributed by atoms with E-state index in [0.29, 0.717) is 0 Å². The molecule has 0 saturated carbocycles. The summed E-state index contributed by atoms with van der Waals surface area (Å²) in [5.41, 5.74) is -1.05. The van der Waals surface area contributed by atoms with Crippen LogP contribution in [0.5, 0.6) is 0 Å². The monoisotopic (exact) mass is 442 g/mol. The second-order valence-corrected chi connectivity index (χ2v) is 7.41. The second kappa shape index (κ2) is 9.41. The van der Waals surface area contributed by atoms with Crippen LogP contribution in [0.25, 0.3) is 0 Å². The Labute approximate surface area is 175 Å². The third kappa shape index (κ3) is 5.36. The molecular weight excluding hydrogens is 421 g/mol. The maximum atomic E-state index is 14.2. The molecule has 2 N–H and O–H groups in total. The van der Waals surface area contributed by atoms with Crippen molar-refractivity contribution in [3.8, 4) is 0 Å². The third-order valence-electron chi connectivity index (χ3n) is 3.84. The van der Waals surface area contributed by atoms with Crippen LogP contribution < -0.4 is 10.6 Å². The lowest BCUT2D eigenvalue weighted by atomic mass is 10.1. The van der Waals surface area contributed by atoms with Crippen LogP contribution in [0.3, 0.4) is 0 Å². The zero-order chi connectivity index (χ0) is 25.0. The van der Waals surface area contributed by atoms with E-state index in [0.717, 1.165) is 42.5 Å². The summed E-state index contributed by atoms with van der Waals surface area (Å²) in [7, 11) is -4.46. The van der Waals surface area contributed by atoms with Gasteiger partial charge in [-0.2, -0.15) is 8.42 Å². The highest BCUT2D eigenvalue weighted by atomic mass is 32.2. The lowest BCUT2D eigenvalue weighted by molar-refractivity contribution is -0.384. The molecule has 2 amide bonds. The molecule has 0 aliphatic rings. The fourth-order valence-electron chi connectivity index (χ4n) is 2.31. The lowest BCUT2D eigenvalue weighted by Gasteiger charge is -2.16. The van der Waals surface area contributed by atoms with Gasteiger partial charge < -0.3 is 10.6 Å². The normalized spacial score (nSPS) is 14.0. The van der Waals surface area contributed by atoms with Gasteiger partial charge in [-0.25, -0.2) is 4.39 Å². The van der Waals surface area contributed by atoms with Crippen molar-refractivity contribution in [1.29, 1.82) is 0 Å². The number of nitrogens with one attached hydrogen (secondary N) is 2. The SMILES string of the molecule is [2H]C([2H])([2H])NC(=O)c1ccc(NC(=O)[C@@H](CC)OS(=O)(=O)c2ccc([N+](=O)[O-])cc2)cc1F. The van der Waals surface area contributed by atoms with Crippen molar-refractivity contribution in [3.05, 3.63) is 64.0 Å². The van der Waals surface area contributed by atoms with E-state index in [1.165, 1.54) is 6.92 Å². The Hall–Kier alpha value is -3.38. The summed E-state index contributed by atoms with van der Waals surface area (Å²) in [5.74, 6) is -3.25. The number of nitro benzene ring substituents is 1. The van der Waals surface area contributed by atoms with E-state index in [-0.39, 0.29) is 17.8 Å². The smallest absolute Gasteiger partial charge is 0.297 e. The molecule has 0 aliphatic carbocycles. The summed E-state index contributed by atoms with van der Waals surface area (Å²) in [4.78, 5) is 33.8. The molecule has 2 rings (SSSR count). The van der Waals surface area contributed by atoms with Crippen LogP contribution in [0.2, 0.25) is 0 Å². The summed E-state index contributed by atoms with van der Waals surface area (Å²) in [6.45, 7) is -1.37. The van der Waals surface area contributed by atoms with Crippen LogP contribution in [-0.4, -0.2) is 38.2 Å². The zero-order valence-electron chi connectivity index (χ0n) is 18.4. The Morgan fingerprint density at radius 2 is 1.93 bits per heavy atom. The standard InChI is InChI=1S/C18H18FN3O7S/c1-3-16(29-30(27,28)13-7-5-12(6-8-13)22(25)26)18(24)21-11-4-9-14(15(19)10-11)17(23)20-2/h4-10,16H,3H2,1-2H3,(H,20,23)(H,21,24)/t16-/m1/s1/i2D3. The molecule has 0 saturated heterocycles. The maximum absolute atomic E-state index is 14.2. The van der Waals surface area contributed by atoms with Gasteiger partial charge in [-0.3, -0.25) is 23.9 Å². The Kier molecular flexibility index (Phi) is 5.85. The summed E-state index contributed by atoms with van der Waals surface area (Å²) in [6.07, 6.45) is -1.62. The second-order valence-electron chi connectivity index (χ2n) is 5.84. The minimum Gasteiger partial charge on any atom is -0.355 e. The average Bonchev–Trinajstić information content (AvgIpc) is 2.70. The molecular formula is C18H18FN3O7S. The molecule has 2 aromatic rings. The van der Waals surface area contributed by atoms with Crippen molar-refractivity contribution in [3.63, 3.8) is 0 Å². The molecule has 0 aliphatic heterocycles. The summed E-state index contributed by atoms with van der Waals surface area (Å²) in [5, 5.41) is 14.6. The van der Waals surface area contributed by atoms with E-state index in [1.807, 2.05) is 0 Å². The van der Waals surface area contributed by atoms with E-state index in [2.05, 4.69) is 5.32 Å². The average molecular weight is 442 g/mol. The molecule has 0 unspecified atom stereocenters. The Morgan fingerprint density at radius 1 is 1.27 bits per heavy atom. The molecule has 1 atom stereocenters. The van der Waals surface area contributed by atoms with E-state index >= 15 is 0 Å². The molecule has 12 heteroatoms. The number of carbonyl (C=O) groups excluding carboxylic acids is 2. The number of anilines is 1. The van der Waals surface area contributed by atoms with Gasteiger partial charge in [0.15, 0.2) is 6.10 Å². The van der Waals surface area contributed by atoms with Gasteiger partial charge in [0.1, 0.15) is 5.82 Å². The number of amides is 2. The molecule has 0 bridgehead atoms. The van der Waals surface area contributed by atoms with Crippen LogP contribution in [0, 0.1) is 15.9 Å². The van der Waals surface area contributed by atoms with Gasteiger partial charge in [-0.15, -0.1) is 0 Å². The number of halogens is 1. The fourth-order valence-corrected chi connectivity index (χ4v) is 3.42. The number of rotatable bonds is 8. The summed E-state index contributed by atoms with van der Waals surface area (Å²) in [6, 6.07) is 6.65. The summed E-state index contributed by atoms with van der Waals surface area (Å²) < 4.78 is 64.9. The number of carbonyl (C=O) groups is 2. The van der Waals surface area contributed by atoms with Crippen LogP contribution in [0.1, 0.15) is 27.8 Å². The van der Waals surface area contributed by atoms with Gasteiger partial charge in [0.25, 0.3) is 27.6 Å². The highest BCUT2D eigenvalue weighted by Crippen LogP contribution is 2.21. The van der Waals surface area contributed by atoms with Crippen molar-refractivity contribution in [1.82, 2.24) is 5.32 Å². The first-order chi connectivity index (χ1) is 15.2. The number of hydrogen-bond acceptors (Lipinski definition) is 7. The number of nitro groups is 1. The first kappa shape index (κ1) is 18.6. The van der Waals surface area contributed by atoms with E-state index in [4.69, 9.17) is 8.30 Å². The highest BCUT2D eigenvalue weighted by molar-refractivity contribution is 7.86. The quantitative estimate of drug-likeness (QED) is 0.362. The molecule has 30 heavy (non-hydrogen) atoms.